The van der Waals surface area contributed by atoms with Crippen LogP contribution >= 0.6 is 23.1 Å². The number of hydrogen-bond donors (Lipinski definition) is 1. The maximum Gasteiger partial charge on any atom is 0.191 e. The molecule has 4 rings (SSSR count). The van der Waals surface area contributed by atoms with Crippen molar-refractivity contribution in [3.8, 4) is 0 Å². The number of nitrogens with two attached hydrogens (primary N) is 1. The number of anilines is 1. The van der Waals surface area contributed by atoms with E-state index >= 15 is 0 Å². The second-order valence-electron chi connectivity index (χ2n) is 5.28. The first kappa shape index (κ1) is 13.1. The molecule has 0 atom stereocenters. The van der Waals surface area contributed by atoms with Gasteiger partial charge >= 0.3 is 0 Å². The normalized spacial score (nSPS) is 13.7. The molecule has 1 aromatic carbocycles. The van der Waals surface area contributed by atoms with Gasteiger partial charge in [-0.15, -0.1) is 11.3 Å². The predicted octanol–water partition coefficient (Wildman–Crippen LogP) is 4.05. The molecule has 0 fully saturated rings. The number of aryl methyl sites for hydroxylation is 2. The highest BCUT2D eigenvalue weighted by Gasteiger charge is 2.11. The highest BCUT2D eigenvalue weighted by Crippen LogP contribution is 2.29. The summed E-state index contributed by atoms with van der Waals surface area (Å²) in [5.41, 5.74) is 10.4. The molecule has 0 amide bonds. The van der Waals surface area contributed by atoms with E-state index in [2.05, 4.69) is 28.2 Å². The molecule has 21 heavy (non-hydrogen) atoms. The van der Waals surface area contributed by atoms with Crippen LogP contribution in [0.15, 0.2) is 34.8 Å². The lowest BCUT2D eigenvalue weighted by Gasteiger charge is -2.05. The lowest BCUT2D eigenvalue weighted by atomic mass is 10.1. The van der Waals surface area contributed by atoms with Crippen LogP contribution in [-0.4, -0.2) is 9.97 Å². The summed E-state index contributed by atoms with van der Waals surface area (Å²) in [4.78, 5) is 9.94. The van der Waals surface area contributed by atoms with Crippen molar-refractivity contribution in [2.45, 2.75) is 30.2 Å². The van der Waals surface area contributed by atoms with Crippen LogP contribution < -0.4 is 5.73 Å². The van der Waals surface area contributed by atoms with Crippen molar-refractivity contribution in [1.82, 2.24) is 9.97 Å². The highest BCUT2D eigenvalue weighted by molar-refractivity contribution is 7.98. The van der Waals surface area contributed by atoms with E-state index in [1.54, 1.807) is 23.1 Å². The molecule has 0 saturated heterocycles. The summed E-state index contributed by atoms with van der Waals surface area (Å²) in [5.74, 6) is 1.47. The van der Waals surface area contributed by atoms with Crippen LogP contribution in [0, 0.1) is 0 Å². The molecule has 0 saturated carbocycles. The van der Waals surface area contributed by atoms with E-state index in [0.717, 1.165) is 21.1 Å². The number of thiophene rings is 1. The van der Waals surface area contributed by atoms with Gasteiger partial charge in [-0.2, -0.15) is 0 Å². The van der Waals surface area contributed by atoms with Crippen molar-refractivity contribution in [2.24, 2.45) is 0 Å². The van der Waals surface area contributed by atoms with Gasteiger partial charge in [0.25, 0.3) is 0 Å². The fourth-order valence-corrected chi connectivity index (χ4v) is 4.41. The standard InChI is InChI=1S/C16H15N3S2/c17-14-13-6-7-20-15(13)19-16(18-14)21-9-10-4-5-11-2-1-3-12(11)8-10/h4-8H,1-3,9H2,(H2,17,18,19). The van der Waals surface area contributed by atoms with Crippen LogP contribution in [0.2, 0.25) is 0 Å². The maximum atomic E-state index is 5.99. The quantitative estimate of drug-likeness (QED) is 0.585. The number of nitrogens with zero attached hydrogens (tertiary/aromatic N) is 2. The van der Waals surface area contributed by atoms with Gasteiger partial charge in [0.05, 0.1) is 5.39 Å². The van der Waals surface area contributed by atoms with Crippen LogP contribution in [-0.2, 0) is 18.6 Å². The van der Waals surface area contributed by atoms with Gasteiger partial charge in [0, 0.05) is 5.75 Å². The molecule has 0 radical (unpaired) electrons. The molecule has 5 heteroatoms. The van der Waals surface area contributed by atoms with E-state index in [0.29, 0.717) is 5.82 Å². The zero-order valence-corrected chi connectivity index (χ0v) is 13.1. The van der Waals surface area contributed by atoms with Crippen molar-refractivity contribution in [2.75, 3.05) is 5.73 Å². The van der Waals surface area contributed by atoms with Crippen molar-refractivity contribution < 1.29 is 0 Å². The molecule has 2 N–H and O–H groups in total. The Hall–Kier alpha value is -1.59. The minimum Gasteiger partial charge on any atom is -0.383 e. The summed E-state index contributed by atoms with van der Waals surface area (Å²) in [7, 11) is 0. The summed E-state index contributed by atoms with van der Waals surface area (Å²) >= 11 is 3.26. The number of hydrogen-bond acceptors (Lipinski definition) is 5. The first-order valence-electron chi connectivity index (χ1n) is 7.04. The lowest BCUT2D eigenvalue weighted by Crippen LogP contribution is -1.95. The summed E-state index contributed by atoms with van der Waals surface area (Å²) in [6.45, 7) is 0. The van der Waals surface area contributed by atoms with Crippen LogP contribution in [0.3, 0.4) is 0 Å². The van der Waals surface area contributed by atoms with Crippen molar-refractivity contribution in [3.05, 3.63) is 46.3 Å². The largest absolute Gasteiger partial charge is 0.383 e. The van der Waals surface area contributed by atoms with Gasteiger partial charge in [0.2, 0.25) is 0 Å². The zero-order valence-electron chi connectivity index (χ0n) is 11.5. The molecule has 0 bridgehead atoms. The average Bonchev–Trinajstić information content (AvgIpc) is 3.13. The Morgan fingerprint density at radius 2 is 2.05 bits per heavy atom. The summed E-state index contributed by atoms with van der Waals surface area (Å²) in [6, 6.07) is 8.81. The lowest BCUT2D eigenvalue weighted by molar-refractivity contribution is 0.911. The fraction of sp³-hybridized carbons (Fsp3) is 0.250. The molecule has 0 spiro atoms. The predicted molar refractivity (Wildman–Crippen MR) is 89.9 cm³/mol. The first-order valence-corrected chi connectivity index (χ1v) is 8.90. The highest BCUT2D eigenvalue weighted by atomic mass is 32.2. The van der Waals surface area contributed by atoms with E-state index in [4.69, 9.17) is 5.73 Å². The maximum absolute atomic E-state index is 5.99. The van der Waals surface area contributed by atoms with Crippen LogP contribution in [0.4, 0.5) is 5.82 Å². The second-order valence-corrected chi connectivity index (χ2v) is 7.11. The molecule has 1 aliphatic rings. The average molecular weight is 313 g/mol. The molecule has 3 nitrogen and oxygen atoms in total. The van der Waals surface area contributed by atoms with Crippen LogP contribution in [0.1, 0.15) is 23.1 Å². The number of thioether (sulfide) groups is 1. The number of aromatic nitrogens is 2. The fourth-order valence-electron chi connectivity index (χ4n) is 2.79. The van der Waals surface area contributed by atoms with E-state index in [1.165, 1.54) is 36.0 Å². The first-order chi connectivity index (χ1) is 10.3. The van der Waals surface area contributed by atoms with Crippen LogP contribution in [0.25, 0.3) is 10.2 Å². The Morgan fingerprint density at radius 3 is 3.00 bits per heavy atom. The molecule has 2 heterocycles. The minimum absolute atomic E-state index is 0.581. The van der Waals surface area contributed by atoms with Crippen molar-refractivity contribution in [3.63, 3.8) is 0 Å². The van der Waals surface area contributed by atoms with Crippen molar-refractivity contribution in [1.29, 1.82) is 0 Å². The summed E-state index contributed by atoms with van der Waals surface area (Å²) in [5, 5.41) is 3.73. The number of nitrogen functional groups attached to an aromatic ring is 1. The van der Waals surface area contributed by atoms with Gasteiger partial charge in [-0.3, -0.25) is 0 Å². The van der Waals surface area contributed by atoms with Gasteiger partial charge in [-0.05, 0) is 47.4 Å². The third-order valence-corrected chi connectivity index (χ3v) is 5.59. The molecule has 0 unspecified atom stereocenters. The number of benzene rings is 1. The van der Waals surface area contributed by atoms with Gasteiger partial charge < -0.3 is 5.73 Å². The molecular weight excluding hydrogens is 298 g/mol. The Balaban J connectivity index is 1.55. The van der Waals surface area contributed by atoms with E-state index < -0.39 is 0 Å². The summed E-state index contributed by atoms with van der Waals surface area (Å²) in [6.07, 6.45) is 3.75. The molecule has 1 aliphatic carbocycles. The van der Waals surface area contributed by atoms with E-state index in [1.807, 2.05) is 11.4 Å². The Bertz CT molecular complexity index is 810. The van der Waals surface area contributed by atoms with Crippen molar-refractivity contribution >= 4 is 39.1 Å². The van der Waals surface area contributed by atoms with Crippen LogP contribution in [0.5, 0.6) is 0 Å². The van der Waals surface area contributed by atoms with Gasteiger partial charge in [-0.25, -0.2) is 9.97 Å². The Kier molecular flexibility index (Phi) is 3.31. The van der Waals surface area contributed by atoms with Gasteiger partial charge in [0.1, 0.15) is 10.6 Å². The SMILES string of the molecule is Nc1nc(SCc2ccc3c(c2)CCC3)nc2sccc12. The smallest absolute Gasteiger partial charge is 0.191 e. The molecule has 2 aromatic heterocycles. The third kappa shape index (κ3) is 2.51. The Labute approximate surface area is 131 Å². The molecule has 106 valence electrons. The topological polar surface area (TPSA) is 51.8 Å². The summed E-state index contributed by atoms with van der Waals surface area (Å²) < 4.78 is 0. The second kappa shape index (κ2) is 5.31. The monoisotopic (exact) mass is 313 g/mol. The van der Waals surface area contributed by atoms with E-state index in [-0.39, 0.29) is 0 Å². The zero-order chi connectivity index (χ0) is 14.2. The van der Waals surface area contributed by atoms with E-state index in [9.17, 15) is 0 Å². The molecular formula is C16H15N3S2. The van der Waals surface area contributed by atoms with Gasteiger partial charge in [-0.1, -0.05) is 30.0 Å². The Morgan fingerprint density at radius 1 is 1.14 bits per heavy atom. The third-order valence-electron chi connectivity index (χ3n) is 3.86. The molecule has 0 aliphatic heterocycles. The van der Waals surface area contributed by atoms with Gasteiger partial charge in [0.15, 0.2) is 5.16 Å². The molecule has 3 aromatic rings. The number of fused-ring (bicyclic) bond motifs is 2. The minimum atomic E-state index is 0.581. The number of rotatable bonds is 3.